The van der Waals surface area contributed by atoms with Gasteiger partial charge < -0.3 is 20.3 Å². The fraction of sp³-hybridized carbons (Fsp3) is 0.350. The molecular weight excluding hydrogens is 337 g/mol. The van der Waals surface area contributed by atoms with E-state index in [4.69, 9.17) is 4.74 Å². The molecule has 3 atom stereocenters. The summed E-state index contributed by atoms with van der Waals surface area (Å²) in [5.74, 6) is -0.0519. The Balaban J connectivity index is 1.66. The minimum absolute atomic E-state index is 0.240. The molecule has 1 saturated carbocycles. The number of aliphatic hydroxyl groups is 2. The SMILES string of the molecule is O=C(NCC1(COc2ccccc2)C[C@@H](O)[C@@H](O)C1)c1ccc(F)cc1. The van der Waals surface area contributed by atoms with Crippen LogP contribution in [0, 0.1) is 11.2 Å². The van der Waals surface area contributed by atoms with Crippen molar-refractivity contribution in [1.29, 1.82) is 0 Å². The number of para-hydroxylation sites is 1. The molecule has 3 rings (SSSR count). The maximum absolute atomic E-state index is 13.0. The third-order valence-corrected chi connectivity index (χ3v) is 4.75. The van der Waals surface area contributed by atoms with Gasteiger partial charge in [-0.2, -0.15) is 0 Å². The monoisotopic (exact) mass is 359 g/mol. The van der Waals surface area contributed by atoms with Gasteiger partial charge in [-0.3, -0.25) is 4.79 Å². The lowest BCUT2D eigenvalue weighted by molar-refractivity contribution is 0.0438. The van der Waals surface area contributed by atoms with Crippen molar-refractivity contribution in [2.24, 2.45) is 5.41 Å². The van der Waals surface area contributed by atoms with Crippen molar-refractivity contribution in [2.45, 2.75) is 25.0 Å². The molecule has 0 aliphatic heterocycles. The van der Waals surface area contributed by atoms with E-state index in [1.165, 1.54) is 24.3 Å². The molecule has 2 aromatic rings. The fourth-order valence-electron chi connectivity index (χ4n) is 3.28. The van der Waals surface area contributed by atoms with Crippen molar-refractivity contribution in [3.63, 3.8) is 0 Å². The Kier molecular flexibility index (Phi) is 5.54. The molecule has 0 saturated heterocycles. The smallest absolute Gasteiger partial charge is 0.251 e. The first-order valence-corrected chi connectivity index (χ1v) is 8.55. The maximum atomic E-state index is 13.0. The van der Waals surface area contributed by atoms with Crippen LogP contribution in [0.1, 0.15) is 23.2 Å². The van der Waals surface area contributed by atoms with Gasteiger partial charge >= 0.3 is 0 Å². The van der Waals surface area contributed by atoms with E-state index < -0.39 is 23.4 Å². The van der Waals surface area contributed by atoms with E-state index in [9.17, 15) is 19.4 Å². The van der Waals surface area contributed by atoms with Crippen LogP contribution in [0.25, 0.3) is 0 Å². The number of ether oxygens (including phenoxy) is 1. The van der Waals surface area contributed by atoms with Gasteiger partial charge in [0.25, 0.3) is 5.91 Å². The van der Waals surface area contributed by atoms with Gasteiger partial charge in [0.15, 0.2) is 0 Å². The number of halogens is 1. The van der Waals surface area contributed by atoms with E-state index in [1.807, 2.05) is 30.3 Å². The lowest BCUT2D eigenvalue weighted by Crippen LogP contribution is -2.40. The first-order chi connectivity index (χ1) is 12.5. The van der Waals surface area contributed by atoms with Crippen LogP contribution in [0.5, 0.6) is 5.75 Å². The molecular formula is C20H22FNO4. The van der Waals surface area contributed by atoms with Crippen molar-refractivity contribution in [3.05, 3.63) is 66.0 Å². The predicted molar refractivity (Wildman–Crippen MR) is 94.4 cm³/mol. The van der Waals surface area contributed by atoms with Crippen LogP contribution in [-0.4, -0.2) is 41.5 Å². The summed E-state index contributed by atoms with van der Waals surface area (Å²) in [5.41, 5.74) is -0.228. The van der Waals surface area contributed by atoms with Crippen LogP contribution >= 0.6 is 0 Å². The molecule has 0 heterocycles. The van der Waals surface area contributed by atoms with Crippen molar-refractivity contribution >= 4 is 5.91 Å². The highest BCUT2D eigenvalue weighted by molar-refractivity contribution is 5.94. The Morgan fingerprint density at radius 3 is 2.31 bits per heavy atom. The number of carbonyl (C=O) groups is 1. The van der Waals surface area contributed by atoms with Crippen molar-refractivity contribution in [2.75, 3.05) is 13.2 Å². The number of hydrogen-bond acceptors (Lipinski definition) is 4. The van der Waals surface area contributed by atoms with Gasteiger partial charge in [-0.25, -0.2) is 4.39 Å². The average molecular weight is 359 g/mol. The molecule has 1 unspecified atom stereocenters. The van der Waals surface area contributed by atoms with Crippen LogP contribution in [0.2, 0.25) is 0 Å². The number of hydrogen-bond donors (Lipinski definition) is 3. The van der Waals surface area contributed by atoms with E-state index in [0.29, 0.717) is 24.2 Å². The summed E-state index contributed by atoms with van der Waals surface area (Å²) in [6, 6.07) is 14.5. The van der Waals surface area contributed by atoms with Gasteiger partial charge in [0.1, 0.15) is 11.6 Å². The second-order valence-electron chi connectivity index (χ2n) is 6.83. The molecule has 0 aromatic heterocycles. The summed E-state index contributed by atoms with van der Waals surface area (Å²) in [7, 11) is 0. The van der Waals surface area contributed by atoms with Crippen LogP contribution < -0.4 is 10.1 Å². The number of aliphatic hydroxyl groups excluding tert-OH is 2. The maximum Gasteiger partial charge on any atom is 0.251 e. The third-order valence-electron chi connectivity index (χ3n) is 4.75. The fourth-order valence-corrected chi connectivity index (χ4v) is 3.28. The molecule has 0 bridgehead atoms. The molecule has 0 radical (unpaired) electrons. The zero-order valence-corrected chi connectivity index (χ0v) is 14.3. The highest BCUT2D eigenvalue weighted by Crippen LogP contribution is 2.38. The number of amides is 1. The van der Waals surface area contributed by atoms with Gasteiger partial charge in [0.05, 0.1) is 18.8 Å². The minimum Gasteiger partial charge on any atom is -0.493 e. The molecule has 1 aliphatic carbocycles. The molecule has 2 aromatic carbocycles. The quantitative estimate of drug-likeness (QED) is 0.738. The highest BCUT2D eigenvalue weighted by atomic mass is 19.1. The van der Waals surface area contributed by atoms with Crippen LogP contribution in [0.3, 0.4) is 0 Å². The second-order valence-corrected chi connectivity index (χ2v) is 6.83. The zero-order valence-electron chi connectivity index (χ0n) is 14.3. The van der Waals surface area contributed by atoms with E-state index in [0.717, 1.165) is 0 Å². The Bertz CT molecular complexity index is 725. The molecule has 0 spiro atoms. The minimum atomic E-state index is -0.850. The van der Waals surface area contributed by atoms with Gasteiger partial charge in [-0.15, -0.1) is 0 Å². The Labute approximate surface area is 151 Å². The summed E-state index contributed by atoms with van der Waals surface area (Å²) in [6.07, 6.45) is -1.05. The summed E-state index contributed by atoms with van der Waals surface area (Å²) in [6.45, 7) is 0.499. The normalized spacial score (nSPS) is 25.0. The zero-order chi connectivity index (χ0) is 18.6. The standard InChI is InChI=1S/C20H22FNO4/c21-15-8-6-14(7-9-15)19(25)22-12-20(10-17(23)18(24)11-20)13-26-16-4-2-1-3-5-16/h1-9,17-18,23-24H,10-13H2,(H,22,25)/t17-,18+,20?. The summed E-state index contributed by atoms with van der Waals surface area (Å²) >= 11 is 0. The lowest BCUT2D eigenvalue weighted by atomic mass is 9.86. The van der Waals surface area contributed by atoms with Gasteiger partial charge in [0.2, 0.25) is 0 Å². The van der Waals surface area contributed by atoms with Gasteiger partial charge in [-0.1, -0.05) is 18.2 Å². The van der Waals surface area contributed by atoms with E-state index in [-0.39, 0.29) is 19.1 Å². The topological polar surface area (TPSA) is 78.8 Å². The lowest BCUT2D eigenvalue weighted by Gasteiger charge is -2.29. The number of carbonyl (C=O) groups excluding carboxylic acids is 1. The van der Waals surface area contributed by atoms with Crippen LogP contribution in [-0.2, 0) is 0 Å². The van der Waals surface area contributed by atoms with Crippen molar-refractivity contribution < 1.29 is 24.1 Å². The number of benzene rings is 2. The molecule has 138 valence electrons. The van der Waals surface area contributed by atoms with Gasteiger partial charge in [0, 0.05) is 17.5 Å². The van der Waals surface area contributed by atoms with E-state index in [2.05, 4.69) is 5.32 Å². The van der Waals surface area contributed by atoms with E-state index >= 15 is 0 Å². The Hall–Kier alpha value is -2.44. The van der Waals surface area contributed by atoms with Crippen LogP contribution in [0.4, 0.5) is 4.39 Å². The molecule has 1 aliphatic rings. The third kappa shape index (κ3) is 4.39. The molecule has 1 fully saturated rings. The summed E-state index contributed by atoms with van der Waals surface area (Å²) < 4.78 is 18.8. The number of rotatable bonds is 6. The second kappa shape index (κ2) is 7.85. The molecule has 1 amide bonds. The summed E-state index contributed by atoms with van der Waals surface area (Å²) in [5, 5.41) is 22.8. The largest absolute Gasteiger partial charge is 0.493 e. The first kappa shape index (κ1) is 18.4. The number of nitrogens with one attached hydrogen (secondary N) is 1. The van der Waals surface area contributed by atoms with Crippen molar-refractivity contribution in [3.8, 4) is 5.75 Å². The Morgan fingerprint density at radius 2 is 1.69 bits per heavy atom. The Morgan fingerprint density at radius 1 is 1.08 bits per heavy atom. The molecule has 6 heteroatoms. The van der Waals surface area contributed by atoms with Gasteiger partial charge in [-0.05, 0) is 49.2 Å². The predicted octanol–water partition coefficient (Wildman–Crippen LogP) is 2.14. The molecule has 3 N–H and O–H groups in total. The highest BCUT2D eigenvalue weighted by Gasteiger charge is 2.45. The molecule has 26 heavy (non-hydrogen) atoms. The summed E-state index contributed by atoms with van der Waals surface area (Å²) in [4.78, 5) is 12.3. The molecule has 5 nitrogen and oxygen atoms in total. The van der Waals surface area contributed by atoms with Crippen molar-refractivity contribution in [1.82, 2.24) is 5.32 Å². The first-order valence-electron chi connectivity index (χ1n) is 8.55. The van der Waals surface area contributed by atoms with E-state index in [1.54, 1.807) is 0 Å². The average Bonchev–Trinajstić information content (AvgIpc) is 2.94. The van der Waals surface area contributed by atoms with Crippen LogP contribution in [0.15, 0.2) is 54.6 Å².